The predicted molar refractivity (Wildman–Crippen MR) is 60.7 cm³/mol. The average molecular weight is 231 g/mol. The molecule has 16 heavy (non-hydrogen) atoms. The smallest absolute Gasteiger partial charge is 0.312 e. The Labute approximate surface area is 95.6 Å². The first-order valence-corrected chi connectivity index (χ1v) is 5.39. The van der Waals surface area contributed by atoms with Crippen LogP contribution < -0.4 is 16.4 Å². The van der Waals surface area contributed by atoms with Crippen molar-refractivity contribution in [2.24, 2.45) is 11.7 Å². The minimum atomic E-state index is -0.725. The number of hydrogen-bond donors (Lipinski definition) is 4. The van der Waals surface area contributed by atoms with E-state index in [-0.39, 0.29) is 24.5 Å². The number of aliphatic hydroxyl groups is 1. The summed E-state index contributed by atoms with van der Waals surface area (Å²) in [7, 11) is 0. The van der Waals surface area contributed by atoms with Crippen molar-refractivity contribution in [2.45, 2.75) is 39.3 Å². The van der Waals surface area contributed by atoms with E-state index in [2.05, 4.69) is 10.6 Å². The van der Waals surface area contributed by atoms with Gasteiger partial charge in [0.25, 0.3) is 0 Å². The monoisotopic (exact) mass is 231 g/mol. The van der Waals surface area contributed by atoms with Crippen LogP contribution in [0.15, 0.2) is 0 Å². The summed E-state index contributed by atoms with van der Waals surface area (Å²) in [4.78, 5) is 22.5. The maximum atomic E-state index is 11.8. The van der Waals surface area contributed by atoms with Crippen LogP contribution in [0.4, 0.5) is 4.79 Å². The lowest BCUT2D eigenvalue weighted by Crippen LogP contribution is -2.53. The Hall–Kier alpha value is -1.30. The standard InChI is InChI=1S/C10H21N3O3/c1-4-6(2)8(13-10(11)16)9(15)12-7(3)5-14/h6-8,14H,4-5H2,1-3H3,(H,12,15)(H3,11,13,16)/t6?,7-,8?/m0/s1. The molecule has 94 valence electrons. The average Bonchev–Trinajstić information content (AvgIpc) is 2.24. The highest BCUT2D eigenvalue weighted by molar-refractivity contribution is 5.86. The van der Waals surface area contributed by atoms with Crippen molar-refractivity contribution in [3.63, 3.8) is 0 Å². The quantitative estimate of drug-likeness (QED) is 0.498. The van der Waals surface area contributed by atoms with Crippen LogP contribution in [-0.2, 0) is 4.79 Å². The van der Waals surface area contributed by atoms with Crippen molar-refractivity contribution >= 4 is 11.9 Å². The van der Waals surface area contributed by atoms with Crippen molar-refractivity contribution in [2.75, 3.05) is 6.61 Å². The van der Waals surface area contributed by atoms with Crippen LogP contribution in [-0.4, -0.2) is 35.7 Å². The van der Waals surface area contributed by atoms with Crippen LogP contribution in [0, 0.1) is 5.92 Å². The molecule has 0 heterocycles. The molecule has 6 heteroatoms. The maximum absolute atomic E-state index is 11.8. The third-order valence-electron chi connectivity index (χ3n) is 2.46. The van der Waals surface area contributed by atoms with Gasteiger partial charge in [0, 0.05) is 6.04 Å². The van der Waals surface area contributed by atoms with Gasteiger partial charge in [0.15, 0.2) is 0 Å². The molecule has 0 aliphatic carbocycles. The molecule has 0 saturated heterocycles. The van der Waals surface area contributed by atoms with Gasteiger partial charge >= 0.3 is 6.03 Å². The lowest BCUT2D eigenvalue weighted by molar-refractivity contribution is -0.124. The van der Waals surface area contributed by atoms with Crippen LogP contribution in [0.2, 0.25) is 0 Å². The number of nitrogens with two attached hydrogens (primary N) is 1. The molecule has 0 aliphatic heterocycles. The molecule has 0 fully saturated rings. The molecule has 0 spiro atoms. The Kier molecular flexibility index (Phi) is 6.48. The SMILES string of the molecule is CCC(C)C(NC(N)=O)C(=O)N[C@@H](C)CO. The first-order valence-electron chi connectivity index (χ1n) is 5.39. The van der Waals surface area contributed by atoms with Crippen molar-refractivity contribution in [1.82, 2.24) is 10.6 Å². The van der Waals surface area contributed by atoms with Gasteiger partial charge in [-0.25, -0.2) is 4.79 Å². The summed E-state index contributed by atoms with van der Waals surface area (Å²) in [6, 6.07) is -1.72. The van der Waals surface area contributed by atoms with E-state index >= 15 is 0 Å². The Morgan fingerprint density at radius 3 is 2.25 bits per heavy atom. The summed E-state index contributed by atoms with van der Waals surface area (Å²) in [5.74, 6) is -0.340. The molecule has 0 aliphatic rings. The first kappa shape index (κ1) is 14.7. The highest BCUT2D eigenvalue weighted by atomic mass is 16.3. The maximum Gasteiger partial charge on any atom is 0.312 e. The van der Waals surface area contributed by atoms with Crippen molar-refractivity contribution < 1.29 is 14.7 Å². The molecular formula is C10H21N3O3. The zero-order valence-corrected chi connectivity index (χ0v) is 9.99. The van der Waals surface area contributed by atoms with Crippen LogP contribution >= 0.6 is 0 Å². The zero-order valence-electron chi connectivity index (χ0n) is 9.99. The number of amides is 3. The predicted octanol–water partition coefficient (Wildman–Crippen LogP) is -0.434. The Bertz CT molecular complexity index is 245. The topological polar surface area (TPSA) is 104 Å². The number of carbonyl (C=O) groups is 2. The highest BCUT2D eigenvalue weighted by Crippen LogP contribution is 2.07. The normalized spacial score (nSPS) is 16.0. The van der Waals surface area contributed by atoms with Gasteiger partial charge in [-0.2, -0.15) is 0 Å². The van der Waals surface area contributed by atoms with Crippen LogP contribution in [0.5, 0.6) is 0 Å². The highest BCUT2D eigenvalue weighted by Gasteiger charge is 2.25. The molecule has 5 N–H and O–H groups in total. The minimum Gasteiger partial charge on any atom is -0.394 e. The van der Waals surface area contributed by atoms with Crippen LogP contribution in [0.25, 0.3) is 0 Å². The molecule has 0 aromatic rings. The molecule has 2 unspecified atom stereocenters. The number of carbonyl (C=O) groups excluding carboxylic acids is 2. The van der Waals surface area contributed by atoms with Gasteiger partial charge in [0.05, 0.1) is 6.61 Å². The van der Waals surface area contributed by atoms with Crippen LogP contribution in [0.1, 0.15) is 27.2 Å². The number of rotatable bonds is 6. The molecule has 0 bridgehead atoms. The van der Waals surface area contributed by atoms with Gasteiger partial charge in [-0.05, 0) is 12.8 Å². The number of nitrogens with one attached hydrogen (secondary N) is 2. The first-order chi connectivity index (χ1) is 7.42. The second-order valence-corrected chi connectivity index (χ2v) is 3.96. The van der Waals surface area contributed by atoms with Gasteiger partial charge in [-0.3, -0.25) is 4.79 Å². The van der Waals surface area contributed by atoms with E-state index in [9.17, 15) is 9.59 Å². The van der Waals surface area contributed by atoms with Gasteiger partial charge in [-0.15, -0.1) is 0 Å². The fourth-order valence-corrected chi connectivity index (χ4v) is 1.23. The van der Waals surface area contributed by atoms with E-state index in [1.807, 2.05) is 13.8 Å². The lowest BCUT2D eigenvalue weighted by atomic mass is 9.98. The van der Waals surface area contributed by atoms with Gasteiger partial charge in [-0.1, -0.05) is 20.3 Å². The summed E-state index contributed by atoms with van der Waals surface area (Å²) < 4.78 is 0. The van der Waals surface area contributed by atoms with E-state index in [1.165, 1.54) is 0 Å². The van der Waals surface area contributed by atoms with Gasteiger partial charge < -0.3 is 21.5 Å². The molecule has 3 amide bonds. The number of hydrogen-bond acceptors (Lipinski definition) is 3. The van der Waals surface area contributed by atoms with E-state index < -0.39 is 12.1 Å². The van der Waals surface area contributed by atoms with E-state index in [0.29, 0.717) is 0 Å². The molecule has 3 atom stereocenters. The van der Waals surface area contributed by atoms with E-state index in [4.69, 9.17) is 10.8 Å². The van der Waals surface area contributed by atoms with Crippen LogP contribution in [0.3, 0.4) is 0 Å². The zero-order chi connectivity index (χ0) is 12.7. The fourth-order valence-electron chi connectivity index (χ4n) is 1.23. The second kappa shape index (κ2) is 7.05. The third kappa shape index (κ3) is 4.97. The summed E-state index contributed by atoms with van der Waals surface area (Å²) in [6.45, 7) is 5.30. The molecule has 6 nitrogen and oxygen atoms in total. The van der Waals surface area contributed by atoms with Crippen molar-refractivity contribution in [3.05, 3.63) is 0 Å². The Morgan fingerprint density at radius 2 is 1.88 bits per heavy atom. The largest absolute Gasteiger partial charge is 0.394 e. The summed E-state index contributed by atoms with van der Waals surface area (Å²) in [5, 5.41) is 13.8. The number of aliphatic hydroxyl groups excluding tert-OH is 1. The molecule has 0 aromatic heterocycles. The Morgan fingerprint density at radius 1 is 1.31 bits per heavy atom. The molecular weight excluding hydrogens is 210 g/mol. The van der Waals surface area contributed by atoms with Crippen molar-refractivity contribution in [1.29, 1.82) is 0 Å². The van der Waals surface area contributed by atoms with Crippen molar-refractivity contribution in [3.8, 4) is 0 Å². The fraction of sp³-hybridized carbons (Fsp3) is 0.800. The van der Waals surface area contributed by atoms with E-state index in [1.54, 1.807) is 6.92 Å². The van der Waals surface area contributed by atoms with Gasteiger partial charge in [0.1, 0.15) is 6.04 Å². The summed E-state index contributed by atoms with van der Waals surface area (Å²) in [5.41, 5.74) is 5.01. The minimum absolute atomic E-state index is 0.0154. The molecule has 0 rings (SSSR count). The lowest BCUT2D eigenvalue weighted by Gasteiger charge is -2.24. The molecule has 0 aromatic carbocycles. The third-order valence-corrected chi connectivity index (χ3v) is 2.46. The van der Waals surface area contributed by atoms with E-state index in [0.717, 1.165) is 6.42 Å². The molecule has 0 saturated carbocycles. The number of urea groups is 1. The Balaban J connectivity index is 4.49. The second-order valence-electron chi connectivity index (χ2n) is 3.96. The molecule has 0 radical (unpaired) electrons. The summed E-state index contributed by atoms with van der Waals surface area (Å²) in [6.07, 6.45) is 0.742. The van der Waals surface area contributed by atoms with Gasteiger partial charge in [0.2, 0.25) is 5.91 Å². The number of primary amides is 1. The summed E-state index contributed by atoms with van der Waals surface area (Å²) >= 11 is 0.